The lowest BCUT2D eigenvalue weighted by Gasteiger charge is -2.14. The maximum atomic E-state index is 12.2. The highest BCUT2D eigenvalue weighted by molar-refractivity contribution is 6.36. The average Bonchev–Trinajstić information content (AvgIpc) is 2.35. The van der Waals surface area contributed by atoms with Crippen molar-refractivity contribution in [1.82, 2.24) is 4.57 Å². The normalized spacial score (nSPS) is 10.9. The second kappa shape index (κ2) is 4.70. The van der Waals surface area contributed by atoms with Gasteiger partial charge in [-0.1, -0.05) is 11.6 Å². The number of carboxylic acids is 1. The molecule has 1 heterocycles. The zero-order valence-electron chi connectivity index (χ0n) is 11.0. The Morgan fingerprint density at radius 3 is 2.58 bits per heavy atom. The Labute approximate surface area is 115 Å². The van der Waals surface area contributed by atoms with Crippen molar-refractivity contribution in [3.8, 4) is 0 Å². The van der Waals surface area contributed by atoms with Crippen molar-refractivity contribution < 1.29 is 9.90 Å². The average molecular weight is 280 g/mol. The third-order valence-corrected chi connectivity index (χ3v) is 3.86. The first-order chi connectivity index (χ1) is 8.88. The first kappa shape index (κ1) is 13.6. The standard InChI is InChI=1S/C14H14ClNO3/c1-4-16-6-9(14(18)19)13(17)11-10(16)5-7(2)8(3)12(11)15/h5-6H,4H2,1-3H3,(H,18,19). The van der Waals surface area contributed by atoms with E-state index in [-0.39, 0.29) is 10.9 Å². The fraction of sp³-hybridized carbons (Fsp3) is 0.286. The minimum absolute atomic E-state index is 0.250. The summed E-state index contributed by atoms with van der Waals surface area (Å²) < 4.78 is 1.73. The Kier molecular flexibility index (Phi) is 3.37. The lowest BCUT2D eigenvalue weighted by atomic mass is 10.0. The van der Waals surface area contributed by atoms with Gasteiger partial charge in [0.25, 0.3) is 0 Å². The van der Waals surface area contributed by atoms with Crippen LogP contribution < -0.4 is 5.43 Å². The third kappa shape index (κ3) is 2.02. The van der Waals surface area contributed by atoms with Gasteiger partial charge in [0, 0.05) is 12.7 Å². The molecule has 0 saturated carbocycles. The van der Waals surface area contributed by atoms with Gasteiger partial charge >= 0.3 is 5.97 Å². The van der Waals surface area contributed by atoms with Crippen LogP contribution in [0.2, 0.25) is 5.02 Å². The fourth-order valence-electron chi connectivity index (χ4n) is 2.13. The summed E-state index contributed by atoms with van der Waals surface area (Å²) in [6.45, 7) is 6.19. The zero-order chi connectivity index (χ0) is 14.3. The summed E-state index contributed by atoms with van der Waals surface area (Å²) in [4.78, 5) is 23.4. The number of aromatic carboxylic acids is 1. The second-order valence-electron chi connectivity index (χ2n) is 4.49. The summed E-state index contributed by atoms with van der Waals surface area (Å²) >= 11 is 6.24. The Bertz CT molecular complexity index is 747. The van der Waals surface area contributed by atoms with E-state index in [4.69, 9.17) is 16.7 Å². The van der Waals surface area contributed by atoms with Crippen LogP contribution in [0.25, 0.3) is 10.9 Å². The molecule has 0 saturated heterocycles. The first-order valence-electron chi connectivity index (χ1n) is 5.94. The Morgan fingerprint density at radius 2 is 2.05 bits per heavy atom. The number of aryl methyl sites for hydroxylation is 2. The van der Waals surface area contributed by atoms with E-state index in [1.807, 2.05) is 26.8 Å². The number of nitrogens with zero attached hydrogens (tertiary/aromatic N) is 1. The number of rotatable bonds is 2. The van der Waals surface area contributed by atoms with Gasteiger partial charge in [0.05, 0.1) is 15.9 Å². The van der Waals surface area contributed by atoms with Gasteiger partial charge in [0.15, 0.2) is 0 Å². The molecule has 100 valence electrons. The van der Waals surface area contributed by atoms with Crippen LogP contribution in [0.15, 0.2) is 17.1 Å². The Morgan fingerprint density at radius 1 is 1.42 bits per heavy atom. The smallest absolute Gasteiger partial charge is 0.341 e. The zero-order valence-corrected chi connectivity index (χ0v) is 11.7. The molecule has 5 heteroatoms. The van der Waals surface area contributed by atoms with Gasteiger partial charge in [0.1, 0.15) is 5.56 Å². The van der Waals surface area contributed by atoms with Crippen molar-refractivity contribution in [1.29, 1.82) is 0 Å². The van der Waals surface area contributed by atoms with Crippen LogP contribution in [0.5, 0.6) is 0 Å². The van der Waals surface area contributed by atoms with Crippen LogP contribution in [0.1, 0.15) is 28.4 Å². The van der Waals surface area contributed by atoms with Crippen molar-refractivity contribution >= 4 is 28.5 Å². The molecule has 2 rings (SSSR count). The highest BCUT2D eigenvalue weighted by atomic mass is 35.5. The number of pyridine rings is 1. The minimum atomic E-state index is -1.23. The number of carbonyl (C=O) groups is 1. The molecule has 0 atom stereocenters. The van der Waals surface area contributed by atoms with Gasteiger partial charge in [-0.05, 0) is 38.0 Å². The van der Waals surface area contributed by atoms with E-state index in [2.05, 4.69) is 0 Å². The maximum absolute atomic E-state index is 12.2. The molecular weight excluding hydrogens is 266 g/mol. The van der Waals surface area contributed by atoms with E-state index in [0.717, 1.165) is 11.1 Å². The van der Waals surface area contributed by atoms with Crippen LogP contribution in [0, 0.1) is 13.8 Å². The summed E-state index contributed by atoms with van der Waals surface area (Å²) in [6, 6.07) is 1.87. The molecule has 0 fully saturated rings. The largest absolute Gasteiger partial charge is 0.477 e. The molecule has 1 N–H and O–H groups in total. The van der Waals surface area contributed by atoms with E-state index in [1.165, 1.54) is 6.20 Å². The molecule has 0 bridgehead atoms. The topological polar surface area (TPSA) is 59.3 Å². The molecule has 0 unspecified atom stereocenters. The van der Waals surface area contributed by atoms with Gasteiger partial charge in [-0.25, -0.2) is 4.79 Å². The van der Waals surface area contributed by atoms with Gasteiger partial charge in [-0.15, -0.1) is 0 Å². The molecule has 0 radical (unpaired) electrons. The fourth-order valence-corrected chi connectivity index (χ4v) is 2.47. The van der Waals surface area contributed by atoms with Gasteiger partial charge in [-0.3, -0.25) is 4.79 Å². The molecule has 0 aliphatic rings. The van der Waals surface area contributed by atoms with E-state index in [9.17, 15) is 9.59 Å². The number of carboxylic acid groups (broad SMARTS) is 1. The number of benzene rings is 1. The minimum Gasteiger partial charge on any atom is -0.477 e. The highest BCUT2D eigenvalue weighted by Crippen LogP contribution is 2.27. The van der Waals surface area contributed by atoms with Gasteiger partial charge < -0.3 is 9.67 Å². The molecule has 1 aromatic carbocycles. The van der Waals surface area contributed by atoms with Crippen molar-refractivity contribution in [3.63, 3.8) is 0 Å². The van der Waals surface area contributed by atoms with Crippen LogP contribution in [0.4, 0.5) is 0 Å². The van der Waals surface area contributed by atoms with E-state index in [0.29, 0.717) is 17.1 Å². The van der Waals surface area contributed by atoms with Crippen LogP contribution in [-0.4, -0.2) is 15.6 Å². The molecule has 0 spiro atoms. The number of halogens is 1. The predicted octanol–water partition coefficient (Wildman–Crippen LogP) is 2.99. The van der Waals surface area contributed by atoms with Crippen LogP contribution >= 0.6 is 11.6 Å². The first-order valence-corrected chi connectivity index (χ1v) is 6.32. The molecule has 0 aliphatic heterocycles. The third-order valence-electron chi connectivity index (χ3n) is 3.39. The predicted molar refractivity (Wildman–Crippen MR) is 75.3 cm³/mol. The molecule has 0 amide bonds. The maximum Gasteiger partial charge on any atom is 0.341 e. The Hall–Kier alpha value is -1.81. The quantitative estimate of drug-likeness (QED) is 0.919. The molecule has 19 heavy (non-hydrogen) atoms. The van der Waals surface area contributed by atoms with Crippen molar-refractivity contribution in [2.75, 3.05) is 0 Å². The van der Waals surface area contributed by atoms with Crippen LogP contribution in [-0.2, 0) is 6.54 Å². The monoisotopic (exact) mass is 279 g/mol. The summed E-state index contributed by atoms with van der Waals surface area (Å²) in [6.07, 6.45) is 1.37. The molecule has 4 nitrogen and oxygen atoms in total. The SMILES string of the molecule is CCn1cc(C(=O)O)c(=O)c2c(Cl)c(C)c(C)cc21. The molecule has 2 aromatic rings. The molecule has 0 aliphatic carbocycles. The molecular formula is C14H14ClNO3. The Balaban J connectivity index is 3.09. The number of hydrogen-bond donors (Lipinski definition) is 1. The number of fused-ring (bicyclic) bond motifs is 1. The summed E-state index contributed by atoms with van der Waals surface area (Å²) in [5.74, 6) is -1.23. The molecule has 1 aromatic heterocycles. The van der Waals surface area contributed by atoms with Gasteiger partial charge in [-0.2, -0.15) is 0 Å². The van der Waals surface area contributed by atoms with E-state index >= 15 is 0 Å². The lowest BCUT2D eigenvalue weighted by Crippen LogP contribution is -2.19. The van der Waals surface area contributed by atoms with Gasteiger partial charge in [0.2, 0.25) is 5.43 Å². The van der Waals surface area contributed by atoms with Crippen molar-refractivity contribution in [2.24, 2.45) is 0 Å². The highest BCUT2D eigenvalue weighted by Gasteiger charge is 2.18. The number of hydrogen-bond acceptors (Lipinski definition) is 2. The van der Waals surface area contributed by atoms with E-state index in [1.54, 1.807) is 4.57 Å². The van der Waals surface area contributed by atoms with Crippen molar-refractivity contribution in [2.45, 2.75) is 27.3 Å². The summed E-state index contributed by atoms with van der Waals surface area (Å²) in [5, 5.41) is 9.73. The second-order valence-corrected chi connectivity index (χ2v) is 4.87. The van der Waals surface area contributed by atoms with Crippen LogP contribution in [0.3, 0.4) is 0 Å². The number of aromatic nitrogens is 1. The van der Waals surface area contributed by atoms with E-state index < -0.39 is 11.4 Å². The summed E-state index contributed by atoms with van der Waals surface area (Å²) in [7, 11) is 0. The van der Waals surface area contributed by atoms with Crippen molar-refractivity contribution in [3.05, 3.63) is 44.2 Å². The lowest BCUT2D eigenvalue weighted by molar-refractivity contribution is 0.0695. The summed E-state index contributed by atoms with van der Waals surface area (Å²) in [5.41, 5.74) is 1.67.